The molecule has 0 radical (unpaired) electrons. The van der Waals surface area contributed by atoms with Gasteiger partial charge in [-0.15, -0.1) is 0 Å². The average molecular weight is 218 g/mol. The summed E-state index contributed by atoms with van der Waals surface area (Å²) < 4.78 is 4.95. The molecule has 0 aromatic heterocycles. The van der Waals surface area contributed by atoms with Crippen molar-refractivity contribution in [2.24, 2.45) is 0 Å². The van der Waals surface area contributed by atoms with Crippen molar-refractivity contribution < 1.29 is 9.53 Å². The number of hydrogen-bond acceptors (Lipinski definition) is 3. The summed E-state index contributed by atoms with van der Waals surface area (Å²) in [5.41, 5.74) is 2.00. The minimum atomic E-state index is -0.506. The molecule has 0 saturated heterocycles. The highest BCUT2D eigenvalue weighted by Crippen LogP contribution is 2.16. The lowest BCUT2D eigenvalue weighted by atomic mass is 10.1. The van der Waals surface area contributed by atoms with Gasteiger partial charge in [0.15, 0.2) is 0 Å². The second-order valence-electron chi connectivity index (χ2n) is 3.72. The molecule has 0 aliphatic heterocycles. The first-order valence-electron chi connectivity index (χ1n) is 5.01. The second-order valence-corrected chi connectivity index (χ2v) is 3.72. The van der Waals surface area contributed by atoms with Gasteiger partial charge in [0, 0.05) is 5.69 Å². The highest BCUT2D eigenvalue weighted by Gasteiger charge is 2.07. The number of hydrogen-bond donors (Lipinski definition) is 1. The molecule has 0 fully saturated rings. The zero-order valence-corrected chi connectivity index (χ0v) is 9.57. The number of nitrogens with one attached hydrogen (secondary N) is 1. The quantitative estimate of drug-likeness (QED) is 0.830. The first kappa shape index (κ1) is 12.1. The van der Waals surface area contributed by atoms with Crippen molar-refractivity contribution >= 4 is 11.8 Å². The van der Waals surface area contributed by atoms with Crippen molar-refractivity contribution in [1.29, 1.82) is 5.26 Å². The van der Waals surface area contributed by atoms with Crippen molar-refractivity contribution in [1.82, 2.24) is 0 Å². The third kappa shape index (κ3) is 3.28. The Morgan fingerprint density at radius 1 is 1.50 bits per heavy atom. The fraction of sp³-hybridized carbons (Fsp3) is 0.333. The number of benzene rings is 1. The number of amides is 1. The monoisotopic (exact) mass is 218 g/mol. The van der Waals surface area contributed by atoms with Gasteiger partial charge in [0.05, 0.1) is 17.7 Å². The van der Waals surface area contributed by atoms with Crippen LogP contribution >= 0.6 is 0 Å². The molecule has 1 N–H and O–H groups in total. The Labute approximate surface area is 94.8 Å². The number of anilines is 1. The molecule has 1 rings (SSSR count). The van der Waals surface area contributed by atoms with Gasteiger partial charge >= 0.3 is 6.09 Å². The fourth-order valence-corrected chi connectivity index (χ4v) is 1.18. The van der Waals surface area contributed by atoms with Gasteiger partial charge < -0.3 is 4.74 Å². The summed E-state index contributed by atoms with van der Waals surface area (Å²) in [6.07, 6.45) is -0.673. The molecule has 0 heterocycles. The number of carbonyl (C=O) groups is 1. The lowest BCUT2D eigenvalue weighted by molar-refractivity contribution is 0.130. The summed E-state index contributed by atoms with van der Waals surface area (Å²) >= 11 is 0. The van der Waals surface area contributed by atoms with Crippen LogP contribution in [0.2, 0.25) is 0 Å². The van der Waals surface area contributed by atoms with Gasteiger partial charge in [0.2, 0.25) is 0 Å². The number of carbonyl (C=O) groups excluding carboxylic acids is 1. The Morgan fingerprint density at radius 3 is 2.75 bits per heavy atom. The van der Waals surface area contributed by atoms with Crippen LogP contribution in [0.25, 0.3) is 0 Å². The van der Waals surface area contributed by atoms with Gasteiger partial charge in [-0.05, 0) is 38.5 Å². The van der Waals surface area contributed by atoms with Crippen LogP contribution < -0.4 is 5.32 Å². The van der Waals surface area contributed by atoms with E-state index in [-0.39, 0.29) is 6.10 Å². The van der Waals surface area contributed by atoms with Crippen molar-refractivity contribution in [3.63, 3.8) is 0 Å². The van der Waals surface area contributed by atoms with Gasteiger partial charge in [-0.25, -0.2) is 4.79 Å². The van der Waals surface area contributed by atoms with E-state index >= 15 is 0 Å². The third-order valence-corrected chi connectivity index (χ3v) is 1.95. The summed E-state index contributed by atoms with van der Waals surface area (Å²) in [7, 11) is 0. The molecule has 1 aromatic carbocycles. The van der Waals surface area contributed by atoms with E-state index in [4.69, 9.17) is 10.00 Å². The maximum absolute atomic E-state index is 11.4. The van der Waals surface area contributed by atoms with E-state index < -0.39 is 6.09 Å². The lowest BCUT2D eigenvalue weighted by Crippen LogP contribution is -2.18. The minimum absolute atomic E-state index is 0.167. The molecule has 4 nitrogen and oxygen atoms in total. The second kappa shape index (κ2) is 5.17. The standard InChI is InChI=1S/C12H14N2O2/c1-8(2)16-12(15)14-11-6-10(7-13)5-4-9(11)3/h4-6,8H,1-3H3,(H,14,15). The smallest absolute Gasteiger partial charge is 0.411 e. The third-order valence-electron chi connectivity index (χ3n) is 1.95. The molecule has 0 unspecified atom stereocenters. The summed E-state index contributed by atoms with van der Waals surface area (Å²) in [5, 5.41) is 11.3. The highest BCUT2D eigenvalue weighted by molar-refractivity contribution is 5.86. The predicted molar refractivity (Wildman–Crippen MR) is 61.1 cm³/mol. The molecule has 1 amide bonds. The Kier molecular flexibility index (Phi) is 3.90. The van der Waals surface area contributed by atoms with Crippen molar-refractivity contribution in [3.8, 4) is 6.07 Å². The lowest BCUT2D eigenvalue weighted by Gasteiger charge is -2.11. The number of aryl methyl sites for hydroxylation is 1. The zero-order valence-electron chi connectivity index (χ0n) is 9.57. The van der Waals surface area contributed by atoms with Crippen LogP contribution in [0.4, 0.5) is 10.5 Å². The first-order valence-corrected chi connectivity index (χ1v) is 5.01. The van der Waals surface area contributed by atoms with Crippen LogP contribution in [0.15, 0.2) is 18.2 Å². The fourth-order valence-electron chi connectivity index (χ4n) is 1.18. The van der Waals surface area contributed by atoms with E-state index in [1.165, 1.54) is 0 Å². The summed E-state index contributed by atoms with van der Waals surface area (Å²) in [6.45, 7) is 5.41. The van der Waals surface area contributed by atoms with Crippen LogP contribution in [-0.2, 0) is 4.74 Å². The average Bonchev–Trinajstić information content (AvgIpc) is 2.20. The molecule has 4 heteroatoms. The molecule has 0 spiro atoms. The maximum Gasteiger partial charge on any atom is 0.411 e. The number of nitriles is 1. The molecule has 0 aliphatic carbocycles. The van der Waals surface area contributed by atoms with E-state index in [9.17, 15) is 4.79 Å². The number of nitrogens with zero attached hydrogens (tertiary/aromatic N) is 1. The molecular weight excluding hydrogens is 204 g/mol. The summed E-state index contributed by atoms with van der Waals surface area (Å²) in [6, 6.07) is 7.12. The normalized spacial score (nSPS) is 9.69. The first-order chi connectivity index (χ1) is 7.52. The molecule has 0 aliphatic rings. The van der Waals surface area contributed by atoms with Gasteiger partial charge in [-0.1, -0.05) is 6.07 Å². The largest absolute Gasteiger partial charge is 0.447 e. The number of rotatable bonds is 2. The molecular formula is C12H14N2O2. The molecule has 84 valence electrons. The van der Waals surface area contributed by atoms with Gasteiger partial charge in [-0.2, -0.15) is 5.26 Å². The van der Waals surface area contributed by atoms with Gasteiger partial charge in [0.25, 0.3) is 0 Å². The van der Waals surface area contributed by atoms with E-state index in [2.05, 4.69) is 5.32 Å². The summed E-state index contributed by atoms with van der Waals surface area (Å²) in [4.78, 5) is 11.4. The predicted octanol–water partition coefficient (Wildman–Crippen LogP) is 2.82. The summed E-state index contributed by atoms with van der Waals surface area (Å²) in [5.74, 6) is 0. The molecule has 16 heavy (non-hydrogen) atoms. The Hall–Kier alpha value is -2.02. The minimum Gasteiger partial charge on any atom is -0.447 e. The topological polar surface area (TPSA) is 62.1 Å². The maximum atomic E-state index is 11.4. The van der Waals surface area contributed by atoms with E-state index in [0.717, 1.165) is 5.56 Å². The van der Waals surface area contributed by atoms with Gasteiger partial charge in [0.1, 0.15) is 0 Å². The van der Waals surface area contributed by atoms with Crippen molar-refractivity contribution in [2.75, 3.05) is 5.32 Å². The van der Waals surface area contributed by atoms with Crippen LogP contribution in [0.5, 0.6) is 0 Å². The van der Waals surface area contributed by atoms with E-state index in [1.54, 1.807) is 32.0 Å². The van der Waals surface area contributed by atoms with Crippen LogP contribution in [0.3, 0.4) is 0 Å². The molecule has 0 saturated carbocycles. The Morgan fingerprint density at radius 2 is 2.19 bits per heavy atom. The van der Waals surface area contributed by atoms with Crippen molar-refractivity contribution in [2.45, 2.75) is 26.9 Å². The van der Waals surface area contributed by atoms with Crippen LogP contribution in [0.1, 0.15) is 25.0 Å². The molecule has 0 bridgehead atoms. The SMILES string of the molecule is Cc1ccc(C#N)cc1NC(=O)OC(C)C. The van der Waals surface area contributed by atoms with Gasteiger partial charge in [-0.3, -0.25) is 5.32 Å². The van der Waals surface area contributed by atoms with E-state index in [0.29, 0.717) is 11.3 Å². The van der Waals surface area contributed by atoms with E-state index in [1.807, 2.05) is 13.0 Å². The van der Waals surface area contributed by atoms with Crippen LogP contribution in [0, 0.1) is 18.3 Å². The Bertz CT molecular complexity index is 433. The molecule has 1 aromatic rings. The van der Waals surface area contributed by atoms with Crippen molar-refractivity contribution in [3.05, 3.63) is 29.3 Å². The zero-order chi connectivity index (χ0) is 12.1. The Balaban J connectivity index is 2.81. The van der Waals surface area contributed by atoms with Crippen LogP contribution in [-0.4, -0.2) is 12.2 Å². The molecule has 0 atom stereocenters. The highest BCUT2D eigenvalue weighted by atomic mass is 16.6. The number of ether oxygens (including phenoxy) is 1.